The molecule has 0 atom stereocenters. The van der Waals surface area contributed by atoms with Crippen LogP contribution in [-0.4, -0.2) is 0 Å². The molecule has 0 amide bonds. The highest BCUT2D eigenvalue weighted by molar-refractivity contribution is 14.1. The Labute approximate surface area is 90.5 Å². The highest BCUT2D eigenvalue weighted by Gasteiger charge is 2.02. The molecule has 0 bridgehead atoms. The molecule has 3 heteroatoms. The van der Waals surface area contributed by atoms with Gasteiger partial charge in [0.25, 0.3) is 0 Å². The summed E-state index contributed by atoms with van der Waals surface area (Å²) < 4.78 is 1.11. The van der Waals surface area contributed by atoms with Gasteiger partial charge in [0, 0.05) is 8.59 Å². The van der Waals surface area contributed by atoms with Gasteiger partial charge in [0.15, 0.2) is 0 Å². The zero-order valence-electron chi connectivity index (χ0n) is 6.56. The third-order valence-electron chi connectivity index (χ3n) is 1.60. The van der Waals surface area contributed by atoms with E-state index in [1.807, 2.05) is 19.1 Å². The molecule has 1 nitrogen and oxygen atoms in total. The molecule has 0 radical (unpaired) electrons. The van der Waals surface area contributed by atoms with Crippen LogP contribution in [0.1, 0.15) is 11.1 Å². The lowest BCUT2D eigenvalue weighted by Crippen LogP contribution is -1.89. The van der Waals surface area contributed by atoms with Crippen molar-refractivity contribution >= 4 is 34.2 Å². The van der Waals surface area contributed by atoms with Gasteiger partial charge in [-0.3, -0.25) is 0 Å². The fraction of sp³-hybridized carbons (Fsp3) is 0.222. The van der Waals surface area contributed by atoms with Crippen molar-refractivity contribution in [3.8, 4) is 6.07 Å². The van der Waals surface area contributed by atoms with Crippen LogP contribution in [0.25, 0.3) is 0 Å². The lowest BCUT2D eigenvalue weighted by molar-refractivity contribution is 1.23. The van der Waals surface area contributed by atoms with Crippen LogP contribution < -0.4 is 0 Å². The maximum Gasteiger partial charge on any atom is 0.0670 e. The Balaban J connectivity index is 3.16. The molecule has 0 aromatic heterocycles. The Kier molecular flexibility index (Phi) is 3.36. The van der Waals surface area contributed by atoms with Crippen molar-refractivity contribution in [2.45, 2.75) is 13.3 Å². The summed E-state index contributed by atoms with van der Waals surface area (Å²) in [6, 6.07) is 5.97. The SMILES string of the molecule is Cc1cc(I)c(CC#N)cc1Cl. The van der Waals surface area contributed by atoms with Crippen molar-refractivity contribution in [1.29, 1.82) is 5.26 Å². The number of benzene rings is 1. The number of rotatable bonds is 1. The number of nitriles is 1. The van der Waals surface area contributed by atoms with Gasteiger partial charge < -0.3 is 0 Å². The van der Waals surface area contributed by atoms with Gasteiger partial charge in [-0.2, -0.15) is 5.26 Å². The molecule has 1 rings (SSSR count). The minimum Gasteiger partial charge on any atom is -0.198 e. The number of halogens is 2. The Morgan fingerprint density at radius 3 is 2.83 bits per heavy atom. The van der Waals surface area contributed by atoms with Gasteiger partial charge in [0.2, 0.25) is 0 Å². The quantitative estimate of drug-likeness (QED) is 0.728. The minimum absolute atomic E-state index is 0.429. The van der Waals surface area contributed by atoms with E-state index in [1.54, 1.807) is 0 Å². The highest BCUT2D eigenvalue weighted by atomic mass is 127. The van der Waals surface area contributed by atoms with Gasteiger partial charge in [-0.25, -0.2) is 0 Å². The van der Waals surface area contributed by atoms with Crippen LogP contribution in [0.3, 0.4) is 0 Å². The van der Waals surface area contributed by atoms with E-state index < -0.39 is 0 Å². The van der Waals surface area contributed by atoms with E-state index in [1.165, 1.54) is 0 Å². The number of hydrogen-bond donors (Lipinski definition) is 0. The van der Waals surface area contributed by atoms with Gasteiger partial charge in [0.1, 0.15) is 0 Å². The van der Waals surface area contributed by atoms with Crippen LogP contribution in [-0.2, 0) is 6.42 Å². The van der Waals surface area contributed by atoms with E-state index >= 15 is 0 Å². The maximum atomic E-state index is 8.51. The van der Waals surface area contributed by atoms with E-state index in [0.29, 0.717) is 6.42 Å². The normalized spacial score (nSPS) is 9.50. The van der Waals surface area contributed by atoms with Crippen molar-refractivity contribution in [1.82, 2.24) is 0 Å². The van der Waals surface area contributed by atoms with Crippen LogP contribution in [0.15, 0.2) is 12.1 Å². The van der Waals surface area contributed by atoms with Crippen LogP contribution in [0.5, 0.6) is 0 Å². The van der Waals surface area contributed by atoms with Crippen molar-refractivity contribution in [3.05, 3.63) is 31.9 Å². The first kappa shape index (κ1) is 9.82. The molecule has 62 valence electrons. The summed E-state index contributed by atoms with van der Waals surface area (Å²) >= 11 is 8.13. The molecule has 0 spiro atoms. The molecule has 0 aliphatic heterocycles. The summed E-state index contributed by atoms with van der Waals surface area (Å²) in [5, 5.41) is 9.24. The first-order valence-corrected chi connectivity index (χ1v) is 4.92. The van der Waals surface area contributed by atoms with Gasteiger partial charge in [-0.15, -0.1) is 0 Å². The molecule has 1 aromatic rings. The van der Waals surface area contributed by atoms with E-state index in [4.69, 9.17) is 16.9 Å². The van der Waals surface area contributed by atoms with E-state index in [-0.39, 0.29) is 0 Å². The highest BCUT2D eigenvalue weighted by Crippen LogP contribution is 2.22. The number of nitrogens with zero attached hydrogens (tertiary/aromatic N) is 1. The zero-order chi connectivity index (χ0) is 9.14. The second kappa shape index (κ2) is 4.11. The summed E-state index contributed by atoms with van der Waals surface area (Å²) in [7, 11) is 0. The van der Waals surface area contributed by atoms with Crippen molar-refractivity contribution < 1.29 is 0 Å². The molecule has 0 saturated carbocycles. The van der Waals surface area contributed by atoms with Gasteiger partial charge in [0.05, 0.1) is 12.5 Å². The predicted molar refractivity (Wildman–Crippen MR) is 58.2 cm³/mol. The third kappa shape index (κ3) is 2.11. The summed E-state index contributed by atoms with van der Waals surface area (Å²) in [4.78, 5) is 0. The molecular weight excluding hydrogens is 284 g/mol. The van der Waals surface area contributed by atoms with Gasteiger partial charge >= 0.3 is 0 Å². The van der Waals surface area contributed by atoms with Gasteiger partial charge in [-0.05, 0) is 52.8 Å². The molecule has 0 saturated heterocycles. The molecule has 0 heterocycles. The fourth-order valence-electron chi connectivity index (χ4n) is 0.908. The van der Waals surface area contributed by atoms with Crippen LogP contribution in [0.2, 0.25) is 5.02 Å². The molecular formula is C9H7ClIN. The standard InChI is InChI=1S/C9H7ClIN/c1-6-4-9(11)7(2-3-12)5-8(6)10/h4-5H,2H2,1H3. The molecule has 12 heavy (non-hydrogen) atoms. The molecule has 0 N–H and O–H groups in total. The first-order chi connectivity index (χ1) is 5.65. The molecule has 1 aromatic carbocycles. The molecule has 0 aliphatic rings. The fourth-order valence-corrected chi connectivity index (χ4v) is 1.91. The average molecular weight is 292 g/mol. The smallest absolute Gasteiger partial charge is 0.0670 e. The molecule has 0 fully saturated rings. The first-order valence-electron chi connectivity index (χ1n) is 3.46. The van der Waals surface area contributed by atoms with Crippen LogP contribution in [0.4, 0.5) is 0 Å². The van der Waals surface area contributed by atoms with Crippen molar-refractivity contribution in [3.63, 3.8) is 0 Å². The molecule has 0 unspecified atom stereocenters. The van der Waals surface area contributed by atoms with Crippen LogP contribution >= 0.6 is 34.2 Å². The minimum atomic E-state index is 0.429. The van der Waals surface area contributed by atoms with Crippen LogP contribution in [0, 0.1) is 21.8 Å². The number of aryl methyl sites for hydroxylation is 1. The predicted octanol–water partition coefficient (Wildman–Crippen LogP) is 3.32. The number of hydrogen-bond acceptors (Lipinski definition) is 1. The maximum absolute atomic E-state index is 8.51. The third-order valence-corrected chi connectivity index (χ3v) is 3.01. The monoisotopic (exact) mass is 291 g/mol. The Bertz CT molecular complexity index is 341. The summed E-state index contributed by atoms with van der Waals surface area (Å²) in [6.45, 7) is 1.96. The van der Waals surface area contributed by atoms with E-state index in [9.17, 15) is 0 Å². The second-order valence-corrected chi connectivity index (χ2v) is 4.10. The Hall–Kier alpha value is -0.270. The zero-order valence-corrected chi connectivity index (χ0v) is 9.48. The van der Waals surface area contributed by atoms with E-state index in [0.717, 1.165) is 19.7 Å². The average Bonchev–Trinajstić information content (AvgIpc) is 2.01. The Morgan fingerprint density at radius 1 is 1.58 bits per heavy atom. The largest absolute Gasteiger partial charge is 0.198 e. The topological polar surface area (TPSA) is 23.8 Å². The van der Waals surface area contributed by atoms with Gasteiger partial charge in [-0.1, -0.05) is 11.6 Å². The second-order valence-electron chi connectivity index (χ2n) is 2.53. The van der Waals surface area contributed by atoms with E-state index in [2.05, 4.69) is 28.7 Å². The lowest BCUT2D eigenvalue weighted by atomic mass is 10.1. The Morgan fingerprint density at radius 2 is 2.25 bits per heavy atom. The summed E-state index contributed by atoms with van der Waals surface area (Å²) in [6.07, 6.45) is 0.429. The lowest BCUT2D eigenvalue weighted by Gasteiger charge is -2.03. The van der Waals surface area contributed by atoms with Crippen molar-refractivity contribution in [2.24, 2.45) is 0 Å². The summed E-state index contributed by atoms with van der Waals surface area (Å²) in [5.41, 5.74) is 2.07. The summed E-state index contributed by atoms with van der Waals surface area (Å²) in [5.74, 6) is 0. The molecule has 0 aliphatic carbocycles. The van der Waals surface area contributed by atoms with Crippen molar-refractivity contribution in [2.75, 3.05) is 0 Å².